The minimum absolute atomic E-state index is 0.415. The van der Waals surface area contributed by atoms with Gasteiger partial charge in [0.15, 0.2) is 0 Å². The van der Waals surface area contributed by atoms with Crippen LogP contribution in [0.4, 0.5) is 5.69 Å². The van der Waals surface area contributed by atoms with Crippen LogP contribution in [0.2, 0.25) is 0 Å². The summed E-state index contributed by atoms with van der Waals surface area (Å²) < 4.78 is 11.9. The normalized spacial score (nSPS) is 20.3. The molecule has 4 nitrogen and oxygen atoms in total. The van der Waals surface area contributed by atoms with E-state index in [9.17, 15) is 0 Å². The van der Waals surface area contributed by atoms with E-state index >= 15 is 0 Å². The molecule has 0 unspecified atom stereocenters. The third-order valence-electron chi connectivity index (χ3n) is 4.06. The Bertz CT molecular complexity index is 545. The van der Waals surface area contributed by atoms with Crippen molar-refractivity contribution < 1.29 is 9.31 Å². The second kappa shape index (κ2) is 4.26. The maximum absolute atomic E-state index is 9.11. The summed E-state index contributed by atoms with van der Waals surface area (Å²) in [6.07, 6.45) is 0. The summed E-state index contributed by atoms with van der Waals surface area (Å²) in [5, 5.41) is 9.11. The van der Waals surface area contributed by atoms with Gasteiger partial charge in [0.25, 0.3) is 0 Å². The molecule has 1 aliphatic heterocycles. The van der Waals surface area contributed by atoms with Crippen molar-refractivity contribution in [2.75, 3.05) is 5.73 Å². The van der Waals surface area contributed by atoms with Gasteiger partial charge in [-0.2, -0.15) is 5.26 Å². The van der Waals surface area contributed by atoms with Gasteiger partial charge in [-0.15, -0.1) is 0 Å². The Morgan fingerprint density at radius 1 is 1.16 bits per heavy atom. The van der Waals surface area contributed by atoms with Crippen molar-refractivity contribution in [3.8, 4) is 6.07 Å². The predicted molar refractivity (Wildman–Crippen MR) is 76.0 cm³/mol. The molecule has 1 aliphatic rings. The number of rotatable bonds is 1. The zero-order chi connectivity index (χ0) is 14.4. The molecule has 0 aromatic heterocycles. The summed E-state index contributed by atoms with van der Waals surface area (Å²) >= 11 is 0. The summed E-state index contributed by atoms with van der Waals surface area (Å²) in [4.78, 5) is 0. The molecule has 0 aliphatic carbocycles. The Morgan fingerprint density at radius 2 is 1.68 bits per heavy atom. The van der Waals surface area contributed by atoms with Gasteiger partial charge in [0.1, 0.15) is 0 Å². The molecule has 1 heterocycles. The molecular weight excluding hydrogens is 239 g/mol. The van der Waals surface area contributed by atoms with Gasteiger partial charge in [-0.25, -0.2) is 0 Å². The molecular formula is C14H19BN2O2. The number of anilines is 1. The van der Waals surface area contributed by atoms with Crippen molar-refractivity contribution >= 4 is 18.3 Å². The molecule has 0 atom stereocenters. The van der Waals surface area contributed by atoms with E-state index in [2.05, 4.69) is 6.07 Å². The van der Waals surface area contributed by atoms with Crippen LogP contribution < -0.4 is 11.2 Å². The van der Waals surface area contributed by atoms with E-state index < -0.39 is 18.3 Å². The Labute approximate surface area is 114 Å². The first kappa shape index (κ1) is 13.9. The van der Waals surface area contributed by atoms with Crippen molar-refractivity contribution in [1.82, 2.24) is 0 Å². The lowest BCUT2D eigenvalue weighted by Crippen LogP contribution is -2.41. The molecule has 1 fully saturated rings. The van der Waals surface area contributed by atoms with Gasteiger partial charge in [0, 0.05) is 11.2 Å². The molecule has 0 radical (unpaired) electrons. The number of nitrogens with zero attached hydrogens (tertiary/aromatic N) is 1. The van der Waals surface area contributed by atoms with Crippen LogP contribution in [0.3, 0.4) is 0 Å². The summed E-state index contributed by atoms with van der Waals surface area (Å²) in [6.45, 7) is 9.82. The first-order valence-corrected chi connectivity index (χ1v) is 6.34. The lowest BCUT2D eigenvalue weighted by Gasteiger charge is -2.32. The average Bonchev–Trinajstić information content (AvgIpc) is 2.48. The molecule has 19 heavy (non-hydrogen) atoms. The highest BCUT2D eigenvalue weighted by atomic mass is 16.7. The molecule has 1 saturated heterocycles. The number of nitrogen functional groups attached to an aromatic ring is 1. The summed E-state index contributed by atoms with van der Waals surface area (Å²) in [6, 6.07) is 5.71. The third kappa shape index (κ3) is 2.22. The highest BCUT2D eigenvalue weighted by molar-refractivity contribution is 6.63. The van der Waals surface area contributed by atoms with E-state index in [4.69, 9.17) is 20.3 Å². The van der Waals surface area contributed by atoms with Crippen LogP contribution in [-0.4, -0.2) is 18.3 Å². The topological polar surface area (TPSA) is 68.3 Å². The summed E-state index contributed by atoms with van der Waals surface area (Å²) in [7, 11) is -0.530. The van der Waals surface area contributed by atoms with Gasteiger partial charge < -0.3 is 15.0 Å². The van der Waals surface area contributed by atoms with Crippen molar-refractivity contribution in [2.24, 2.45) is 0 Å². The predicted octanol–water partition coefficient (Wildman–Crippen LogP) is 1.75. The number of nitriles is 1. The Hall–Kier alpha value is -1.51. The number of benzene rings is 1. The highest BCUT2D eigenvalue weighted by Gasteiger charge is 2.52. The number of hydrogen-bond donors (Lipinski definition) is 1. The average molecular weight is 258 g/mol. The van der Waals surface area contributed by atoms with E-state index in [1.807, 2.05) is 34.6 Å². The van der Waals surface area contributed by atoms with Gasteiger partial charge >= 0.3 is 7.12 Å². The standard InChI is InChI=1S/C14H19BN2O2/c1-9-6-12(17)11(7-10(9)8-16)15-18-13(2,3)14(4,5)19-15/h6-7H,17H2,1-5H3. The van der Waals surface area contributed by atoms with Gasteiger partial charge in [-0.05, 0) is 52.3 Å². The molecule has 0 amide bonds. The van der Waals surface area contributed by atoms with Gasteiger partial charge in [-0.1, -0.05) is 0 Å². The maximum Gasteiger partial charge on any atom is 0.497 e. The molecule has 0 bridgehead atoms. The summed E-state index contributed by atoms with van der Waals surface area (Å²) in [5.74, 6) is 0. The minimum Gasteiger partial charge on any atom is -0.399 e. The number of nitrogens with two attached hydrogens (primary N) is 1. The Kier molecular flexibility index (Phi) is 3.12. The maximum atomic E-state index is 9.11. The Morgan fingerprint density at radius 3 is 2.16 bits per heavy atom. The van der Waals surface area contributed by atoms with E-state index in [0.717, 1.165) is 11.0 Å². The van der Waals surface area contributed by atoms with E-state index in [1.54, 1.807) is 12.1 Å². The van der Waals surface area contributed by atoms with Crippen molar-refractivity contribution in [3.05, 3.63) is 23.3 Å². The minimum atomic E-state index is -0.530. The fourth-order valence-electron chi connectivity index (χ4n) is 2.04. The van der Waals surface area contributed by atoms with Crippen LogP contribution in [0.25, 0.3) is 0 Å². The van der Waals surface area contributed by atoms with E-state index in [-0.39, 0.29) is 0 Å². The van der Waals surface area contributed by atoms with Crippen molar-refractivity contribution in [1.29, 1.82) is 5.26 Å². The monoisotopic (exact) mass is 258 g/mol. The van der Waals surface area contributed by atoms with Crippen LogP contribution >= 0.6 is 0 Å². The molecule has 1 aromatic rings. The van der Waals surface area contributed by atoms with Gasteiger partial charge in [0.05, 0.1) is 22.8 Å². The zero-order valence-electron chi connectivity index (χ0n) is 12.1. The lowest BCUT2D eigenvalue weighted by atomic mass is 9.76. The quantitative estimate of drug-likeness (QED) is 0.615. The van der Waals surface area contributed by atoms with Crippen LogP contribution in [-0.2, 0) is 9.31 Å². The first-order chi connectivity index (χ1) is 8.68. The molecule has 0 saturated carbocycles. The van der Waals surface area contributed by atoms with E-state index in [0.29, 0.717) is 11.3 Å². The number of hydrogen-bond acceptors (Lipinski definition) is 4. The smallest absolute Gasteiger partial charge is 0.399 e. The molecule has 2 rings (SSSR count). The molecule has 5 heteroatoms. The second-order valence-corrected chi connectivity index (χ2v) is 6.00. The van der Waals surface area contributed by atoms with E-state index in [1.165, 1.54) is 0 Å². The Balaban J connectivity index is 2.43. The SMILES string of the molecule is Cc1cc(N)c(B2OC(C)(C)C(C)(C)O2)cc1C#N. The fraction of sp³-hybridized carbons (Fsp3) is 0.500. The van der Waals surface area contributed by atoms with Crippen LogP contribution in [0.5, 0.6) is 0 Å². The lowest BCUT2D eigenvalue weighted by molar-refractivity contribution is 0.00578. The van der Waals surface area contributed by atoms with Gasteiger partial charge in [0.2, 0.25) is 0 Å². The van der Waals surface area contributed by atoms with Crippen LogP contribution in [0, 0.1) is 18.3 Å². The molecule has 0 spiro atoms. The highest BCUT2D eigenvalue weighted by Crippen LogP contribution is 2.37. The van der Waals surface area contributed by atoms with Gasteiger partial charge in [-0.3, -0.25) is 0 Å². The van der Waals surface area contributed by atoms with Crippen LogP contribution in [0.1, 0.15) is 38.8 Å². The second-order valence-electron chi connectivity index (χ2n) is 6.00. The third-order valence-corrected chi connectivity index (χ3v) is 4.06. The van der Waals surface area contributed by atoms with Crippen molar-refractivity contribution in [2.45, 2.75) is 45.8 Å². The molecule has 1 aromatic carbocycles. The summed E-state index contributed by atoms with van der Waals surface area (Å²) in [5.41, 5.74) is 7.98. The molecule has 2 N–H and O–H groups in total. The van der Waals surface area contributed by atoms with Crippen molar-refractivity contribution in [3.63, 3.8) is 0 Å². The fourth-order valence-corrected chi connectivity index (χ4v) is 2.04. The largest absolute Gasteiger partial charge is 0.497 e. The molecule has 100 valence electrons. The zero-order valence-corrected chi connectivity index (χ0v) is 12.1. The number of aryl methyl sites for hydroxylation is 1. The van der Waals surface area contributed by atoms with Crippen LogP contribution in [0.15, 0.2) is 12.1 Å². The first-order valence-electron chi connectivity index (χ1n) is 6.34.